The van der Waals surface area contributed by atoms with Gasteiger partial charge in [0.1, 0.15) is 5.69 Å². The maximum atomic E-state index is 12.0. The molecule has 1 atom stereocenters. The molecule has 4 heteroatoms. The molecule has 0 fully saturated rings. The van der Waals surface area contributed by atoms with Gasteiger partial charge in [0.2, 0.25) is 0 Å². The zero-order chi connectivity index (χ0) is 13.1. The summed E-state index contributed by atoms with van der Waals surface area (Å²) in [6.45, 7) is 4.02. The first-order valence-corrected chi connectivity index (χ1v) is 5.93. The van der Waals surface area contributed by atoms with Crippen LogP contribution >= 0.6 is 0 Å². The van der Waals surface area contributed by atoms with Gasteiger partial charge in [-0.3, -0.25) is 9.48 Å². The summed E-state index contributed by atoms with van der Waals surface area (Å²) in [5.74, 6) is -0.108. The van der Waals surface area contributed by atoms with E-state index in [9.17, 15) is 4.79 Å². The van der Waals surface area contributed by atoms with Crippen LogP contribution in [0, 0.1) is 6.92 Å². The van der Waals surface area contributed by atoms with Crippen LogP contribution in [0.5, 0.6) is 0 Å². The van der Waals surface area contributed by atoms with Crippen LogP contribution in [0.1, 0.15) is 34.6 Å². The van der Waals surface area contributed by atoms with E-state index >= 15 is 0 Å². The minimum Gasteiger partial charge on any atom is -0.344 e. The zero-order valence-electron chi connectivity index (χ0n) is 10.8. The number of nitrogens with zero attached hydrogens (tertiary/aromatic N) is 2. The van der Waals surface area contributed by atoms with Gasteiger partial charge < -0.3 is 5.32 Å². The SMILES string of the molecule is Cc1ccc(C(C)NC(=O)c2ccnn2C)cc1. The molecule has 0 aliphatic carbocycles. The molecule has 18 heavy (non-hydrogen) atoms. The molecular formula is C14H17N3O. The van der Waals surface area contributed by atoms with Crippen LogP contribution in [0.4, 0.5) is 0 Å². The number of hydrogen-bond acceptors (Lipinski definition) is 2. The molecule has 1 aromatic carbocycles. The lowest BCUT2D eigenvalue weighted by Crippen LogP contribution is -2.28. The first kappa shape index (κ1) is 12.4. The summed E-state index contributed by atoms with van der Waals surface area (Å²) in [5.41, 5.74) is 2.87. The molecule has 4 nitrogen and oxygen atoms in total. The number of aryl methyl sites for hydroxylation is 2. The van der Waals surface area contributed by atoms with Gasteiger partial charge in [0.15, 0.2) is 0 Å². The molecule has 1 aromatic heterocycles. The molecule has 0 aliphatic rings. The van der Waals surface area contributed by atoms with Crippen LogP contribution in [0.25, 0.3) is 0 Å². The van der Waals surface area contributed by atoms with E-state index in [1.54, 1.807) is 24.0 Å². The molecule has 1 unspecified atom stereocenters. The number of carbonyl (C=O) groups excluding carboxylic acids is 1. The number of amides is 1. The zero-order valence-corrected chi connectivity index (χ0v) is 10.8. The van der Waals surface area contributed by atoms with E-state index in [-0.39, 0.29) is 11.9 Å². The average Bonchev–Trinajstić information content (AvgIpc) is 2.76. The van der Waals surface area contributed by atoms with E-state index < -0.39 is 0 Å². The monoisotopic (exact) mass is 243 g/mol. The lowest BCUT2D eigenvalue weighted by Gasteiger charge is -2.14. The van der Waals surface area contributed by atoms with Crippen molar-refractivity contribution in [2.45, 2.75) is 19.9 Å². The quantitative estimate of drug-likeness (QED) is 0.898. The molecule has 0 saturated heterocycles. The predicted molar refractivity (Wildman–Crippen MR) is 70.3 cm³/mol. The Kier molecular flexibility index (Phi) is 3.46. The molecule has 2 aromatic rings. The Morgan fingerprint density at radius 1 is 1.28 bits per heavy atom. The Labute approximate surface area is 107 Å². The number of benzene rings is 1. The van der Waals surface area contributed by atoms with Crippen molar-refractivity contribution >= 4 is 5.91 Å². The number of rotatable bonds is 3. The molecule has 0 spiro atoms. The topological polar surface area (TPSA) is 46.9 Å². The number of carbonyl (C=O) groups is 1. The highest BCUT2D eigenvalue weighted by Gasteiger charge is 2.13. The summed E-state index contributed by atoms with van der Waals surface area (Å²) in [7, 11) is 1.76. The van der Waals surface area contributed by atoms with Crippen LogP contribution < -0.4 is 5.32 Å². The first-order valence-electron chi connectivity index (χ1n) is 5.93. The van der Waals surface area contributed by atoms with Gasteiger partial charge in [-0.25, -0.2) is 0 Å². The fourth-order valence-electron chi connectivity index (χ4n) is 1.81. The highest BCUT2D eigenvalue weighted by Crippen LogP contribution is 2.13. The van der Waals surface area contributed by atoms with Crippen LogP contribution in [0.2, 0.25) is 0 Å². The second-order valence-electron chi connectivity index (χ2n) is 4.45. The average molecular weight is 243 g/mol. The van der Waals surface area contributed by atoms with Crippen LogP contribution in [0.15, 0.2) is 36.5 Å². The Morgan fingerprint density at radius 3 is 2.50 bits per heavy atom. The largest absolute Gasteiger partial charge is 0.344 e. The highest BCUT2D eigenvalue weighted by molar-refractivity contribution is 5.92. The molecule has 0 bridgehead atoms. The molecule has 0 radical (unpaired) electrons. The summed E-state index contributed by atoms with van der Waals surface area (Å²) in [6, 6.07) is 9.84. The fourth-order valence-corrected chi connectivity index (χ4v) is 1.81. The Hall–Kier alpha value is -2.10. The second-order valence-corrected chi connectivity index (χ2v) is 4.45. The Balaban J connectivity index is 2.08. The maximum Gasteiger partial charge on any atom is 0.270 e. The summed E-state index contributed by atoms with van der Waals surface area (Å²) in [4.78, 5) is 12.0. The van der Waals surface area contributed by atoms with Crippen molar-refractivity contribution < 1.29 is 4.79 Å². The molecule has 1 N–H and O–H groups in total. The molecule has 0 aliphatic heterocycles. The number of hydrogen-bond donors (Lipinski definition) is 1. The van der Waals surface area contributed by atoms with Gasteiger partial charge in [0.05, 0.1) is 6.04 Å². The van der Waals surface area contributed by atoms with Crippen molar-refractivity contribution in [3.05, 3.63) is 53.3 Å². The Bertz CT molecular complexity index is 542. The smallest absolute Gasteiger partial charge is 0.270 e. The van der Waals surface area contributed by atoms with Crippen molar-refractivity contribution in [2.75, 3.05) is 0 Å². The predicted octanol–water partition coefficient (Wildman–Crippen LogP) is 2.22. The first-order chi connectivity index (χ1) is 8.58. The summed E-state index contributed by atoms with van der Waals surface area (Å²) < 4.78 is 1.57. The van der Waals surface area contributed by atoms with Gasteiger partial charge >= 0.3 is 0 Å². The van der Waals surface area contributed by atoms with Crippen molar-refractivity contribution in [1.82, 2.24) is 15.1 Å². The lowest BCUT2D eigenvalue weighted by molar-refractivity contribution is 0.0930. The highest BCUT2D eigenvalue weighted by atomic mass is 16.2. The maximum absolute atomic E-state index is 12.0. The van der Waals surface area contributed by atoms with Gasteiger partial charge in [-0.2, -0.15) is 5.10 Å². The van der Waals surface area contributed by atoms with Gasteiger partial charge in [0.25, 0.3) is 5.91 Å². The van der Waals surface area contributed by atoms with E-state index in [1.807, 2.05) is 38.1 Å². The number of aromatic nitrogens is 2. The molecule has 1 heterocycles. The Morgan fingerprint density at radius 2 is 1.94 bits per heavy atom. The molecule has 0 saturated carbocycles. The summed E-state index contributed by atoms with van der Waals surface area (Å²) >= 11 is 0. The minimum atomic E-state index is -0.108. The van der Waals surface area contributed by atoms with Crippen LogP contribution in [0.3, 0.4) is 0 Å². The second kappa shape index (κ2) is 5.04. The van der Waals surface area contributed by atoms with Gasteiger partial charge in [0, 0.05) is 13.2 Å². The molecule has 94 valence electrons. The third kappa shape index (κ3) is 2.59. The van der Waals surface area contributed by atoms with E-state index in [0.717, 1.165) is 5.56 Å². The van der Waals surface area contributed by atoms with Crippen molar-refractivity contribution in [1.29, 1.82) is 0 Å². The van der Waals surface area contributed by atoms with Crippen LogP contribution in [-0.4, -0.2) is 15.7 Å². The lowest BCUT2D eigenvalue weighted by atomic mass is 10.1. The standard InChI is InChI=1S/C14H17N3O/c1-10-4-6-12(7-5-10)11(2)16-14(18)13-8-9-15-17(13)3/h4-9,11H,1-3H3,(H,16,18). The van der Waals surface area contributed by atoms with Crippen LogP contribution in [-0.2, 0) is 7.05 Å². The fraction of sp³-hybridized carbons (Fsp3) is 0.286. The third-order valence-electron chi connectivity index (χ3n) is 2.98. The normalized spacial score (nSPS) is 12.2. The molecular weight excluding hydrogens is 226 g/mol. The van der Waals surface area contributed by atoms with Crippen molar-refractivity contribution in [3.8, 4) is 0 Å². The van der Waals surface area contributed by atoms with E-state index in [4.69, 9.17) is 0 Å². The molecule has 1 amide bonds. The summed E-state index contributed by atoms with van der Waals surface area (Å²) in [5, 5.41) is 6.94. The van der Waals surface area contributed by atoms with Crippen molar-refractivity contribution in [3.63, 3.8) is 0 Å². The number of nitrogens with one attached hydrogen (secondary N) is 1. The summed E-state index contributed by atoms with van der Waals surface area (Å²) in [6.07, 6.45) is 1.62. The van der Waals surface area contributed by atoms with Gasteiger partial charge in [-0.15, -0.1) is 0 Å². The minimum absolute atomic E-state index is 0.0204. The van der Waals surface area contributed by atoms with E-state index in [2.05, 4.69) is 10.4 Å². The van der Waals surface area contributed by atoms with Gasteiger partial charge in [-0.05, 0) is 25.5 Å². The van der Waals surface area contributed by atoms with E-state index in [1.165, 1.54) is 5.56 Å². The van der Waals surface area contributed by atoms with Gasteiger partial charge in [-0.1, -0.05) is 29.8 Å². The van der Waals surface area contributed by atoms with Crippen molar-refractivity contribution in [2.24, 2.45) is 7.05 Å². The van der Waals surface area contributed by atoms with E-state index in [0.29, 0.717) is 5.69 Å². The molecule has 2 rings (SSSR count). The third-order valence-corrected chi connectivity index (χ3v) is 2.98.